The van der Waals surface area contributed by atoms with Gasteiger partial charge in [-0.05, 0) is 13.8 Å². The minimum Gasteiger partial charge on any atom is -0.466 e. The van der Waals surface area contributed by atoms with E-state index in [9.17, 15) is 28.8 Å². The van der Waals surface area contributed by atoms with Crippen LogP contribution in [-0.2, 0) is 80.9 Å². The van der Waals surface area contributed by atoms with E-state index < -0.39 is 71.2 Å². The maximum Gasteiger partial charge on any atom is 0.382 e. The van der Waals surface area contributed by atoms with Gasteiger partial charge in [0.1, 0.15) is 0 Å². The Morgan fingerprint density at radius 1 is 0.463 bits per heavy atom. The van der Waals surface area contributed by atoms with Crippen LogP contribution in [0.3, 0.4) is 0 Å². The average molecular weight is 599 g/mol. The molecule has 0 spiro atoms. The van der Waals surface area contributed by atoms with Crippen LogP contribution >= 0.6 is 0 Å². The molecule has 41 heavy (non-hydrogen) atoms. The van der Waals surface area contributed by atoms with E-state index in [1.165, 1.54) is 21.0 Å². The van der Waals surface area contributed by atoms with Crippen LogP contribution in [0.25, 0.3) is 0 Å². The number of carbonyl (C=O) groups is 6. The Labute approximate surface area is 236 Å². The van der Waals surface area contributed by atoms with Gasteiger partial charge in [0, 0.05) is 63.2 Å². The van der Waals surface area contributed by atoms with Crippen LogP contribution in [0.1, 0.15) is 41.5 Å². The van der Waals surface area contributed by atoms with Gasteiger partial charge in [0.25, 0.3) is 0 Å². The van der Waals surface area contributed by atoms with Crippen LogP contribution in [0.2, 0.25) is 0 Å². The molecule has 0 aliphatic heterocycles. The predicted molar refractivity (Wildman–Crippen MR) is 130 cm³/mol. The van der Waals surface area contributed by atoms with E-state index in [1.54, 1.807) is 0 Å². The summed E-state index contributed by atoms with van der Waals surface area (Å²) < 4.78 is 54.4. The summed E-state index contributed by atoms with van der Waals surface area (Å²) in [4.78, 5) is 75.2. The highest BCUT2D eigenvalue weighted by atomic mass is 16.8. The van der Waals surface area contributed by atoms with Crippen molar-refractivity contribution in [1.29, 1.82) is 0 Å². The van der Waals surface area contributed by atoms with E-state index in [-0.39, 0.29) is 0 Å². The third-order valence-corrected chi connectivity index (χ3v) is 5.70. The molecule has 6 atom stereocenters. The Bertz CT molecular complexity index is 981. The summed E-state index contributed by atoms with van der Waals surface area (Å²) >= 11 is 0. The molecule has 17 heteroatoms. The molecule has 0 heterocycles. The van der Waals surface area contributed by atoms with Gasteiger partial charge < -0.3 is 52.1 Å². The van der Waals surface area contributed by atoms with Gasteiger partial charge in [-0.2, -0.15) is 0 Å². The second-order valence-corrected chi connectivity index (χ2v) is 8.64. The molecule has 0 aromatic carbocycles. The Hall–Kier alpha value is -3.38. The van der Waals surface area contributed by atoms with Gasteiger partial charge >= 0.3 is 59.0 Å². The van der Waals surface area contributed by atoms with Crippen molar-refractivity contribution in [2.45, 2.75) is 76.9 Å². The minimum absolute atomic E-state index is 0.903. The molecule has 0 fully saturated rings. The Morgan fingerprint density at radius 3 is 1.07 bits per heavy atom. The van der Waals surface area contributed by atoms with E-state index in [1.807, 2.05) is 0 Å². The van der Waals surface area contributed by atoms with Crippen molar-refractivity contribution in [3.8, 4) is 0 Å². The van der Waals surface area contributed by atoms with Crippen LogP contribution in [-0.4, -0.2) is 114 Å². The SMILES string of the molecule is COC(=O)[C@H](C)OC(=O)[C@@](C)(OC)OC(=O)[C@@](C)(OC)OC(=O)[C@@](C)(OC)OC(=O)[C@@](C)(OC)OC(=O)[C@H](C)OC. The number of rotatable bonds is 16. The third-order valence-electron chi connectivity index (χ3n) is 5.70. The van der Waals surface area contributed by atoms with Crippen molar-refractivity contribution >= 4 is 35.8 Å². The molecule has 0 amide bonds. The molecule has 0 aliphatic carbocycles. The molecule has 0 saturated heterocycles. The van der Waals surface area contributed by atoms with Crippen molar-refractivity contribution in [3.63, 3.8) is 0 Å². The lowest BCUT2D eigenvalue weighted by Crippen LogP contribution is -2.56. The number of hydrogen-bond acceptors (Lipinski definition) is 17. The summed E-state index contributed by atoms with van der Waals surface area (Å²) in [5.41, 5.74) is 0. The first-order valence-electron chi connectivity index (χ1n) is 11.7. The minimum atomic E-state index is -2.60. The molecule has 0 aromatic heterocycles. The average Bonchev–Trinajstić information content (AvgIpc) is 2.94. The third kappa shape index (κ3) is 9.32. The maximum atomic E-state index is 13.1. The topological polar surface area (TPSA) is 204 Å². The van der Waals surface area contributed by atoms with Crippen molar-refractivity contribution in [3.05, 3.63) is 0 Å². The summed E-state index contributed by atoms with van der Waals surface area (Å²) in [6.45, 7) is 6.42. The summed E-state index contributed by atoms with van der Waals surface area (Å²) in [6.07, 6.45) is -2.47. The molecule has 236 valence electrons. The highest BCUT2D eigenvalue weighted by Crippen LogP contribution is 2.27. The zero-order valence-electron chi connectivity index (χ0n) is 25.1. The molecule has 0 saturated carbocycles. The quantitative estimate of drug-likeness (QED) is 0.128. The molecule has 0 N–H and O–H groups in total. The largest absolute Gasteiger partial charge is 0.466 e. The highest BCUT2D eigenvalue weighted by molar-refractivity contribution is 5.90. The summed E-state index contributed by atoms with van der Waals surface area (Å²) in [7, 11) is 6.21. The van der Waals surface area contributed by atoms with Gasteiger partial charge in [-0.1, -0.05) is 0 Å². The fraction of sp³-hybridized carbons (Fsp3) is 0.750. The van der Waals surface area contributed by atoms with Gasteiger partial charge in [-0.15, -0.1) is 0 Å². The van der Waals surface area contributed by atoms with Crippen LogP contribution in [0.5, 0.6) is 0 Å². The van der Waals surface area contributed by atoms with Crippen molar-refractivity contribution < 1.29 is 80.9 Å². The smallest absolute Gasteiger partial charge is 0.382 e. The van der Waals surface area contributed by atoms with Crippen LogP contribution in [0.15, 0.2) is 0 Å². The fourth-order valence-electron chi connectivity index (χ4n) is 2.33. The molecule has 17 nitrogen and oxygen atoms in total. The van der Waals surface area contributed by atoms with Crippen LogP contribution in [0, 0.1) is 0 Å². The summed E-state index contributed by atoms with van der Waals surface area (Å²) in [6, 6.07) is 0. The first-order valence-corrected chi connectivity index (χ1v) is 11.7. The highest BCUT2D eigenvalue weighted by Gasteiger charge is 2.53. The summed E-state index contributed by atoms with van der Waals surface area (Å²) in [5, 5.41) is 0. The second-order valence-electron chi connectivity index (χ2n) is 8.64. The van der Waals surface area contributed by atoms with Crippen molar-refractivity contribution in [2.75, 3.05) is 42.7 Å². The van der Waals surface area contributed by atoms with Crippen molar-refractivity contribution in [2.24, 2.45) is 0 Å². The van der Waals surface area contributed by atoms with Gasteiger partial charge in [-0.25, -0.2) is 28.8 Å². The number of esters is 6. The van der Waals surface area contributed by atoms with Crippen molar-refractivity contribution in [1.82, 2.24) is 0 Å². The first kappa shape index (κ1) is 37.6. The molecule has 0 aromatic rings. The molecule has 0 bridgehead atoms. The molecular formula is C24H38O17. The van der Waals surface area contributed by atoms with Gasteiger partial charge in [0.05, 0.1) is 7.11 Å². The lowest BCUT2D eigenvalue weighted by atomic mass is 10.2. The normalized spacial score (nSPS) is 18.4. The standard InChI is InChI=1S/C24H38O17/c1-13(31-7)16(26)38-22(4,34-10)18(28)40-24(6,36-12)20(30)41-23(5,35-11)19(29)39-21(3,33-9)17(27)37-14(2)15(25)32-8/h13-14H,1-12H3/t13-,14-,21-,22-,23-,24-/m0/s1. The molecule has 0 unspecified atom stereocenters. The molecule has 0 rings (SSSR count). The molecule has 0 radical (unpaired) electrons. The maximum absolute atomic E-state index is 13.1. The van der Waals surface area contributed by atoms with Gasteiger partial charge in [-0.3, -0.25) is 0 Å². The van der Waals surface area contributed by atoms with E-state index >= 15 is 0 Å². The Balaban J connectivity index is 5.91. The molecular weight excluding hydrogens is 560 g/mol. The monoisotopic (exact) mass is 598 g/mol. The predicted octanol–water partition coefficient (Wildman–Crippen LogP) is -0.251. The Morgan fingerprint density at radius 2 is 0.780 bits per heavy atom. The van der Waals surface area contributed by atoms with Crippen LogP contribution < -0.4 is 0 Å². The summed E-state index contributed by atoms with van der Waals surface area (Å²) in [5.74, 6) is -17.6. The Kier molecular flexibility index (Phi) is 13.8. The fourth-order valence-corrected chi connectivity index (χ4v) is 2.33. The number of hydrogen-bond donors (Lipinski definition) is 0. The lowest BCUT2D eigenvalue weighted by molar-refractivity contribution is -0.287. The van der Waals surface area contributed by atoms with E-state index in [4.69, 9.17) is 47.4 Å². The molecule has 0 aliphatic rings. The first-order chi connectivity index (χ1) is 18.8. The van der Waals surface area contributed by atoms with Gasteiger partial charge in [0.15, 0.2) is 12.2 Å². The number of ether oxygens (including phenoxy) is 11. The zero-order chi connectivity index (χ0) is 32.4. The van der Waals surface area contributed by atoms with E-state index in [0.717, 1.165) is 63.2 Å². The number of methoxy groups -OCH3 is 6. The lowest BCUT2D eigenvalue weighted by Gasteiger charge is -2.35. The second kappa shape index (κ2) is 15.0. The van der Waals surface area contributed by atoms with E-state index in [2.05, 4.69) is 4.74 Å². The van der Waals surface area contributed by atoms with Gasteiger partial charge in [0.2, 0.25) is 0 Å². The zero-order valence-corrected chi connectivity index (χ0v) is 25.1. The van der Waals surface area contributed by atoms with Crippen LogP contribution in [0.4, 0.5) is 0 Å². The number of carbonyl (C=O) groups excluding carboxylic acids is 6. The van der Waals surface area contributed by atoms with E-state index in [0.29, 0.717) is 0 Å².